The van der Waals surface area contributed by atoms with Gasteiger partial charge in [-0.05, 0) is 12.5 Å². The summed E-state index contributed by atoms with van der Waals surface area (Å²) < 4.78 is 26.7. The van der Waals surface area contributed by atoms with Crippen molar-refractivity contribution in [2.45, 2.75) is 25.3 Å². The van der Waals surface area contributed by atoms with E-state index in [0.717, 1.165) is 5.56 Å². The number of nitrogens with one attached hydrogen (secondary N) is 1. The molecule has 1 unspecified atom stereocenters. The normalized spacial score (nSPS) is 23.5. The maximum Gasteiger partial charge on any atom is 0.268 e. The van der Waals surface area contributed by atoms with Crippen LogP contribution in [-0.2, 0) is 0 Å². The van der Waals surface area contributed by atoms with E-state index in [1.807, 2.05) is 19.1 Å². The third kappa shape index (κ3) is 2.47. The van der Waals surface area contributed by atoms with Gasteiger partial charge in [-0.1, -0.05) is 29.8 Å². The fourth-order valence-corrected chi connectivity index (χ4v) is 1.80. The molecule has 1 saturated heterocycles. The highest BCUT2D eigenvalue weighted by Gasteiger charge is 2.44. The van der Waals surface area contributed by atoms with Gasteiger partial charge in [0.2, 0.25) is 0 Å². The van der Waals surface area contributed by atoms with E-state index in [0.29, 0.717) is 12.1 Å². The van der Waals surface area contributed by atoms with Gasteiger partial charge in [-0.3, -0.25) is 0 Å². The zero-order valence-corrected chi connectivity index (χ0v) is 9.28. The van der Waals surface area contributed by atoms with Crippen LogP contribution in [0.5, 0.6) is 0 Å². The van der Waals surface area contributed by atoms with Crippen LogP contribution in [0.1, 0.15) is 23.6 Å². The van der Waals surface area contributed by atoms with E-state index in [1.165, 1.54) is 0 Å². The predicted molar refractivity (Wildman–Crippen MR) is 58.7 cm³/mol. The van der Waals surface area contributed by atoms with Crippen molar-refractivity contribution in [2.24, 2.45) is 0 Å². The van der Waals surface area contributed by atoms with Crippen LogP contribution in [0, 0.1) is 6.92 Å². The Bertz CT molecular complexity index is 324. The molecule has 0 aromatic heterocycles. The highest BCUT2D eigenvalue weighted by molar-refractivity contribution is 5.85. The van der Waals surface area contributed by atoms with Gasteiger partial charge >= 0.3 is 0 Å². The van der Waals surface area contributed by atoms with E-state index in [1.54, 1.807) is 12.1 Å². The molecule has 1 aromatic rings. The van der Waals surface area contributed by atoms with Gasteiger partial charge in [0.25, 0.3) is 5.92 Å². The first kappa shape index (κ1) is 12.4. The SMILES string of the molecule is Cc1ccc(C2NCCC2(F)F)cc1.Cl. The summed E-state index contributed by atoms with van der Waals surface area (Å²) in [4.78, 5) is 0. The van der Waals surface area contributed by atoms with Crippen molar-refractivity contribution >= 4 is 12.4 Å². The van der Waals surface area contributed by atoms with Crippen molar-refractivity contribution in [3.63, 3.8) is 0 Å². The molecule has 0 amide bonds. The number of rotatable bonds is 1. The van der Waals surface area contributed by atoms with Crippen LogP contribution in [0.4, 0.5) is 8.78 Å². The molecule has 1 aromatic carbocycles. The summed E-state index contributed by atoms with van der Waals surface area (Å²) >= 11 is 0. The van der Waals surface area contributed by atoms with E-state index < -0.39 is 12.0 Å². The summed E-state index contributed by atoms with van der Waals surface area (Å²) in [6.45, 7) is 2.34. The fraction of sp³-hybridized carbons (Fsp3) is 0.455. The Labute approximate surface area is 94.3 Å². The topological polar surface area (TPSA) is 12.0 Å². The van der Waals surface area contributed by atoms with Crippen molar-refractivity contribution in [3.8, 4) is 0 Å². The summed E-state index contributed by atoms with van der Waals surface area (Å²) in [7, 11) is 0. The van der Waals surface area contributed by atoms with Gasteiger partial charge in [-0.25, -0.2) is 8.78 Å². The van der Waals surface area contributed by atoms with Crippen LogP contribution in [0.3, 0.4) is 0 Å². The molecule has 1 nitrogen and oxygen atoms in total. The second-order valence-electron chi connectivity index (χ2n) is 3.81. The summed E-state index contributed by atoms with van der Waals surface area (Å²) in [5.74, 6) is -2.60. The average molecular weight is 234 g/mol. The molecule has 0 bridgehead atoms. The lowest BCUT2D eigenvalue weighted by Gasteiger charge is -2.19. The van der Waals surface area contributed by atoms with Gasteiger partial charge in [0.15, 0.2) is 0 Å². The first-order chi connectivity index (χ1) is 6.59. The second kappa shape index (κ2) is 4.45. The first-order valence-electron chi connectivity index (χ1n) is 4.77. The van der Waals surface area contributed by atoms with Crippen LogP contribution in [0.15, 0.2) is 24.3 Å². The quantitative estimate of drug-likeness (QED) is 0.786. The van der Waals surface area contributed by atoms with Crippen LogP contribution >= 0.6 is 12.4 Å². The number of halogens is 3. The van der Waals surface area contributed by atoms with Gasteiger partial charge in [-0.15, -0.1) is 12.4 Å². The molecule has 0 aliphatic carbocycles. The van der Waals surface area contributed by atoms with Gasteiger partial charge in [0.05, 0.1) is 6.04 Å². The molecule has 1 atom stereocenters. The molecule has 0 spiro atoms. The largest absolute Gasteiger partial charge is 0.305 e. The van der Waals surface area contributed by atoms with Gasteiger partial charge in [0, 0.05) is 13.0 Å². The minimum absolute atomic E-state index is 0. The van der Waals surface area contributed by atoms with Crippen molar-refractivity contribution in [1.29, 1.82) is 0 Å². The highest BCUT2D eigenvalue weighted by atomic mass is 35.5. The van der Waals surface area contributed by atoms with Gasteiger partial charge in [-0.2, -0.15) is 0 Å². The Kier molecular flexibility index (Phi) is 3.68. The summed E-state index contributed by atoms with van der Waals surface area (Å²) in [6, 6.07) is 6.47. The lowest BCUT2D eigenvalue weighted by molar-refractivity contribution is -0.0117. The minimum Gasteiger partial charge on any atom is -0.305 e. The third-order valence-corrected chi connectivity index (χ3v) is 2.64. The van der Waals surface area contributed by atoms with Gasteiger partial charge in [0.1, 0.15) is 0 Å². The number of alkyl halides is 2. The fourth-order valence-electron chi connectivity index (χ4n) is 1.80. The molecule has 1 heterocycles. The Balaban J connectivity index is 0.00000112. The molecule has 15 heavy (non-hydrogen) atoms. The van der Waals surface area contributed by atoms with E-state index >= 15 is 0 Å². The number of benzene rings is 1. The summed E-state index contributed by atoms with van der Waals surface area (Å²) in [5.41, 5.74) is 1.77. The zero-order chi connectivity index (χ0) is 10.2. The number of hydrogen-bond donors (Lipinski definition) is 1. The third-order valence-electron chi connectivity index (χ3n) is 2.64. The van der Waals surface area contributed by atoms with Crippen LogP contribution in [0.2, 0.25) is 0 Å². The van der Waals surface area contributed by atoms with Crippen molar-refractivity contribution in [1.82, 2.24) is 5.32 Å². The predicted octanol–water partition coefficient (Wildman–Crippen LogP) is 3.09. The number of hydrogen-bond acceptors (Lipinski definition) is 1. The standard InChI is InChI=1S/C11H13F2N.ClH/c1-8-2-4-9(5-3-8)10-11(12,13)6-7-14-10;/h2-5,10,14H,6-7H2,1H3;1H. The van der Waals surface area contributed by atoms with E-state index in [4.69, 9.17) is 0 Å². The Hall–Kier alpha value is -0.670. The highest BCUT2D eigenvalue weighted by Crippen LogP contribution is 2.38. The Morgan fingerprint density at radius 3 is 2.33 bits per heavy atom. The second-order valence-corrected chi connectivity index (χ2v) is 3.81. The molecule has 4 heteroatoms. The van der Waals surface area contributed by atoms with Crippen LogP contribution in [-0.4, -0.2) is 12.5 Å². The molecule has 84 valence electrons. The van der Waals surface area contributed by atoms with Crippen molar-refractivity contribution < 1.29 is 8.78 Å². The Morgan fingerprint density at radius 1 is 1.27 bits per heavy atom. The lowest BCUT2D eigenvalue weighted by Crippen LogP contribution is -2.26. The first-order valence-corrected chi connectivity index (χ1v) is 4.77. The molecule has 1 aliphatic heterocycles. The molecule has 0 radical (unpaired) electrons. The van der Waals surface area contributed by atoms with Crippen molar-refractivity contribution in [3.05, 3.63) is 35.4 Å². The number of aryl methyl sites for hydroxylation is 1. The molecule has 0 saturated carbocycles. The van der Waals surface area contributed by atoms with Crippen LogP contribution < -0.4 is 5.32 Å². The summed E-state index contributed by atoms with van der Waals surface area (Å²) in [6.07, 6.45) is -0.0639. The molecule has 1 fully saturated rings. The maximum atomic E-state index is 13.3. The minimum atomic E-state index is -2.60. The van der Waals surface area contributed by atoms with Crippen LogP contribution in [0.25, 0.3) is 0 Å². The molecule has 1 aliphatic rings. The van der Waals surface area contributed by atoms with Crippen molar-refractivity contribution in [2.75, 3.05) is 6.54 Å². The maximum absolute atomic E-state index is 13.3. The van der Waals surface area contributed by atoms with E-state index in [2.05, 4.69) is 5.32 Å². The molecule has 1 N–H and O–H groups in total. The molecular formula is C11H14ClF2N. The monoisotopic (exact) mass is 233 g/mol. The van der Waals surface area contributed by atoms with E-state index in [9.17, 15) is 8.78 Å². The zero-order valence-electron chi connectivity index (χ0n) is 8.47. The van der Waals surface area contributed by atoms with E-state index in [-0.39, 0.29) is 18.8 Å². The van der Waals surface area contributed by atoms with Gasteiger partial charge < -0.3 is 5.32 Å². The average Bonchev–Trinajstić information content (AvgIpc) is 2.47. The molecule has 2 rings (SSSR count). The molecular weight excluding hydrogens is 220 g/mol. The summed E-state index contributed by atoms with van der Waals surface area (Å²) in [5, 5.41) is 2.83. The lowest BCUT2D eigenvalue weighted by atomic mass is 10.0. The Morgan fingerprint density at radius 2 is 1.87 bits per heavy atom. The smallest absolute Gasteiger partial charge is 0.268 e.